The Bertz CT molecular complexity index is 599. The number of nitrogens with zero attached hydrogens (tertiary/aromatic N) is 1. The summed E-state index contributed by atoms with van der Waals surface area (Å²) in [6, 6.07) is 10.9. The van der Waals surface area contributed by atoms with Crippen LogP contribution in [0.4, 0.5) is 0 Å². The summed E-state index contributed by atoms with van der Waals surface area (Å²) in [6.07, 6.45) is 4.40. The first-order valence-corrected chi connectivity index (χ1v) is 8.51. The number of aromatic nitrogens is 1. The van der Waals surface area contributed by atoms with Crippen LogP contribution in [-0.4, -0.2) is 11.0 Å². The Morgan fingerprint density at radius 3 is 2.80 bits per heavy atom. The second kappa shape index (κ2) is 6.48. The van der Waals surface area contributed by atoms with Crippen molar-refractivity contribution in [3.63, 3.8) is 0 Å². The molecule has 20 heavy (non-hydrogen) atoms. The van der Waals surface area contributed by atoms with E-state index >= 15 is 0 Å². The van der Waals surface area contributed by atoms with Crippen LogP contribution in [0.3, 0.4) is 0 Å². The number of rotatable bonds is 5. The fourth-order valence-electron chi connectivity index (χ4n) is 1.82. The molecule has 1 aromatic carbocycles. The number of benzene rings is 1. The molecule has 3 rings (SSSR count). The Kier molecular flexibility index (Phi) is 4.66. The van der Waals surface area contributed by atoms with E-state index < -0.39 is 0 Å². The van der Waals surface area contributed by atoms with E-state index in [0.717, 1.165) is 32.0 Å². The van der Waals surface area contributed by atoms with Gasteiger partial charge in [0.25, 0.3) is 0 Å². The second-order valence-electron chi connectivity index (χ2n) is 4.84. The second-order valence-corrected chi connectivity index (χ2v) is 7.22. The van der Waals surface area contributed by atoms with Crippen molar-refractivity contribution in [2.45, 2.75) is 35.3 Å². The lowest BCUT2D eigenvalue weighted by Crippen LogP contribution is -2.15. The highest BCUT2D eigenvalue weighted by atomic mass is 79.9. The van der Waals surface area contributed by atoms with E-state index in [2.05, 4.69) is 38.4 Å². The molecule has 1 aliphatic carbocycles. The molecule has 0 unspecified atom stereocenters. The molecule has 0 radical (unpaired) electrons. The van der Waals surface area contributed by atoms with E-state index in [-0.39, 0.29) is 0 Å². The first kappa shape index (κ1) is 14.4. The Hall–Kier alpha value is -0.550. The summed E-state index contributed by atoms with van der Waals surface area (Å²) >= 11 is 11.3. The predicted octanol–water partition coefficient (Wildman–Crippen LogP) is 4.90. The molecule has 1 aromatic heterocycles. The highest BCUT2D eigenvalue weighted by Gasteiger charge is 2.20. The lowest BCUT2D eigenvalue weighted by Gasteiger charge is -2.07. The zero-order chi connectivity index (χ0) is 13.9. The smallest absolute Gasteiger partial charge is 0.101 e. The molecule has 104 valence electrons. The summed E-state index contributed by atoms with van der Waals surface area (Å²) in [5.74, 6) is 0. The zero-order valence-corrected chi connectivity index (χ0v) is 13.9. The van der Waals surface area contributed by atoms with E-state index in [1.165, 1.54) is 18.4 Å². The SMILES string of the molecule is Clc1cc(CNC2CC2)ccc1Sc1ccc(Br)cn1. The molecule has 5 heteroatoms. The van der Waals surface area contributed by atoms with Crippen LogP contribution in [0.5, 0.6) is 0 Å². The molecule has 0 atom stereocenters. The number of pyridine rings is 1. The van der Waals surface area contributed by atoms with E-state index in [4.69, 9.17) is 11.6 Å². The molecule has 0 saturated heterocycles. The normalized spacial score (nSPS) is 14.5. The molecule has 1 heterocycles. The highest BCUT2D eigenvalue weighted by molar-refractivity contribution is 9.10. The highest BCUT2D eigenvalue weighted by Crippen LogP contribution is 2.33. The van der Waals surface area contributed by atoms with Crippen LogP contribution in [0.15, 0.2) is 50.9 Å². The third-order valence-electron chi connectivity index (χ3n) is 3.08. The van der Waals surface area contributed by atoms with Crippen LogP contribution >= 0.6 is 39.3 Å². The lowest BCUT2D eigenvalue weighted by molar-refractivity contribution is 0.687. The number of halogens is 2. The molecule has 0 spiro atoms. The van der Waals surface area contributed by atoms with Crippen LogP contribution in [0.2, 0.25) is 5.02 Å². The van der Waals surface area contributed by atoms with Crippen LogP contribution in [-0.2, 0) is 6.54 Å². The average Bonchev–Trinajstić information content (AvgIpc) is 3.26. The fraction of sp³-hybridized carbons (Fsp3) is 0.267. The van der Waals surface area contributed by atoms with Gasteiger partial charge in [-0.05, 0) is 58.6 Å². The topological polar surface area (TPSA) is 24.9 Å². The molecular formula is C15H14BrClN2S. The third-order valence-corrected chi connectivity index (χ3v) is 5.00. The van der Waals surface area contributed by atoms with Crippen LogP contribution in [0.25, 0.3) is 0 Å². The van der Waals surface area contributed by atoms with Crippen molar-refractivity contribution >= 4 is 39.3 Å². The van der Waals surface area contributed by atoms with Gasteiger partial charge in [0.1, 0.15) is 5.03 Å². The van der Waals surface area contributed by atoms with E-state index in [1.807, 2.05) is 18.2 Å². The molecule has 2 nitrogen and oxygen atoms in total. The number of nitrogens with one attached hydrogen (secondary N) is 1. The minimum atomic E-state index is 0.717. The van der Waals surface area contributed by atoms with Gasteiger partial charge in [0.05, 0.1) is 5.02 Å². The maximum Gasteiger partial charge on any atom is 0.101 e. The van der Waals surface area contributed by atoms with Gasteiger partial charge in [-0.1, -0.05) is 29.4 Å². The number of hydrogen-bond acceptors (Lipinski definition) is 3. The maximum absolute atomic E-state index is 6.36. The van der Waals surface area contributed by atoms with Crippen molar-refractivity contribution < 1.29 is 0 Å². The van der Waals surface area contributed by atoms with E-state index in [1.54, 1.807) is 18.0 Å². The molecule has 1 N–H and O–H groups in total. The van der Waals surface area contributed by atoms with Gasteiger partial charge in [-0.25, -0.2) is 4.98 Å². The molecule has 1 fully saturated rings. The van der Waals surface area contributed by atoms with E-state index in [9.17, 15) is 0 Å². The standard InChI is InChI=1S/C15H14BrClN2S/c16-11-2-6-15(19-9-11)20-14-5-1-10(7-13(14)17)8-18-12-3-4-12/h1-2,5-7,9,12,18H,3-4,8H2. The van der Waals surface area contributed by atoms with Crippen molar-refractivity contribution in [1.82, 2.24) is 10.3 Å². The zero-order valence-electron chi connectivity index (χ0n) is 10.8. The predicted molar refractivity (Wildman–Crippen MR) is 87.4 cm³/mol. The van der Waals surface area contributed by atoms with Crippen LogP contribution in [0, 0.1) is 0 Å². The largest absolute Gasteiger partial charge is 0.310 e. The van der Waals surface area contributed by atoms with Crippen LogP contribution < -0.4 is 5.32 Å². The summed E-state index contributed by atoms with van der Waals surface area (Å²) in [7, 11) is 0. The van der Waals surface area contributed by atoms with Crippen molar-refractivity contribution in [3.8, 4) is 0 Å². The minimum Gasteiger partial charge on any atom is -0.310 e. The summed E-state index contributed by atoms with van der Waals surface area (Å²) in [5.41, 5.74) is 1.23. The summed E-state index contributed by atoms with van der Waals surface area (Å²) < 4.78 is 0.981. The third kappa shape index (κ3) is 3.98. The Balaban J connectivity index is 1.68. The molecule has 2 aromatic rings. The average molecular weight is 370 g/mol. The summed E-state index contributed by atoms with van der Waals surface area (Å²) in [6.45, 7) is 0.895. The summed E-state index contributed by atoms with van der Waals surface area (Å²) in [5, 5.41) is 5.22. The first-order valence-electron chi connectivity index (χ1n) is 6.52. The first-order chi connectivity index (χ1) is 9.70. The van der Waals surface area contributed by atoms with Crippen molar-refractivity contribution in [2.24, 2.45) is 0 Å². The van der Waals surface area contributed by atoms with Gasteiger partial charge in [-0.2, -0.15) is 0 Å². The Labute approximate surface area is 136 Å². The van der Waals surface area contributed by atoms with Crippen molar-refractivity contribution in [2.75, 3.05) is 0 Å². The Morgan fingerprint density at radius 1 is 1.30 bits per heavy atom. The van der Waals surface area contributed by atoms with Gasteiger partial charge in [0.15, 0.2) is 0 Å². The monoisotopic (exact) mass is 368 g/mol. The van der Waals surface area contributed by atoms with Crippen molar-refractivity contribution in [3.05, 3.63) is 51.6 Å². The van der Waals surface area contributed by atoms with Crippen LogP contribution in [0.1, 0.15) is 18.4 Å². The molecule has 0 aliphatic heterocycles. The molecule has 0 amide bonds. The fourth-order valence-corrected chi connectivity index (χ4v) is 3.13. The lowest BCUT2D eigenvalue weighted by atomic mass is 10.2. The van der Waals surface area contributed by atoms with Gasteiger partial charge in [0.2, 0.25) is 0 Å². The van der Waals surface area contributed by atoms with Gasteiger partial charge in [-0.3, -0.25) is 0 Å². The van der Waals surface area contributed by atoms with Crippen molar-refractivity contribution in [1.29, 1.82) is 0 Å². The molecule has 0 bridgehead atoms. The van der Waals surface area contributed by atoms with Gasteiger partial charge in [-0.15, -0.1) is 0 Å². The van der Waals surface area contributed by atoms with E-state index in [0.29, 0.717) is 0 Å². The van der Waals surface area contributed by atoms with Gasteiger partial charge < -0.3 is 5.32 Å². The molecule has 1 saturated carbocycles. The Morgan fingerprint density at radius 2 is 2.15 bits per heavy atom. The quantitative estimate of drug-likeness (QED) is 0.811. The van der Waals surface area contributed by atoms with Gasteiger partial charge >= 0.3 is 0 Å². The minimum absolute atomic E-state index is 0.717. The molecule has 1 aliphatic rings. The number of hydrogen-bond donors (Lipinski definition) is 1. The molecular weight excluding hydrogens is 356 g/mol. The van der Waals surface area contributed by atoms with Gasteiger partial charge in [0, 0.05) is 28.2 Å². The maximum atomic E-state index is 6.36. The summed E-state index contributed by atoms with van der Waals surface area (Å²) in [4.78, 5) is 5.39.